The van der Waals surface area contributed by atoms with Crippen molar-refractivity contribution in [1.29, 1.82) is 0 Å². The van der Waals surface area contributed by atoms with Gasteiger partial charge in [-0.1, -0.05) is 26.0 Å². The fourth-order valence-corrected chi connectivity index (χ4v) is 2.62. The van der Waals surface area contributed by atoms with E-state index in [1.165, 1.54) is 25.0 Å². The van der Waals surface area contributed by atoms with Crippen LogP contribution >= 0.6 is 0 Å². The number of nitrogens with one attached hydrogen (secondary N) is 1. The predicted octanol–water partition coefficient (Wildman–Crippen LogP) is 3.27. The van der Waals surface area contributed by atoms with Crippen LogP contribution in [0.4, 0.5) is 4.39 Å². The van der Waals surface area contributed by atoms with Crippen molar-refractivity contribution in [2.75, 3.05) is 6.61 Å². The molecule has 1 aliphatic carbocycles. The van der Waals surface area contributed by atoms with Crippen molar-refractivity contribution in [1.82, 2.24) is 5.32 Å². The molecule has 2 unspecified atom stereocenters. The molecule has 1 aliphatic rings. The van der Waals surface area contributed by atoms with E-state index < -0.39 is 0 Å². The van der Waals surface area contributed by atoms with Gasteiger partial charge in [0.25, 0.3) is 0 Å². The van der Waals surface area contributed by atoms with E-state index in [0.717, 1.165) is 12.0 Å². The van der Waals surface area contributed by atoms with Crippen LogP contribution in [0.3, 0.4) is 0 Å². The van der Waals surface area contributed by atoms with Crippen LogP contribution < -0.4 is 5.32 Å². The largest absolute Gasteiger partial charge is 0.395 e. The highest BCUT2D eigenvalue weighted by Crippen LogP contribution is 2.41. The predicted molar refractivity (Wildman–Crippen MR) is 75.3 cm³/mol. The van der Waals surface area contributed by atoms with E-state index in [-0.39, 0.29) is 24.5 Å². The van der Waals surface area contributed by atoms with E-state index in [4.69, 9.17) is 0 Å². The minimum Gasteiger partial charge on any atom is -0.395 e. The zero-order chi connectivity index (χ0) is 13.8. The minimum absolute atomic E-state index is 0.121. The molecule has 0 bridgehead atoms. The van der Waals surface area contributed by atoms with E-state index >= 15 is 0 Å². The molecule has 106 valence electrons. The summed E-state index contributed by atoms with van der Waals surface area (Å²) >= 11 is 0. The van der Waals surface area contributed by atoms with Gasteiger partial charge in [0.15, 0.2) is 0 Å². The fourth-order valence-electron chi connectivity index (χ4n) is 2.62. The number of halogens is 1. The van der Waals surface area contributed by atoms with Gasteiger partial charge in [-0.05, 0) is 48.8 Å². The number of hydrogen-bond acceptors (Lipinski definition) is 2. The third kappa shape index (κ3) is 4.29. The van der Waals surface area contributed by atoms with Crippen molar-refractivity contribution in [2.45, 2.75) is 45.2 Å². The molecule has 0 saturated heterocycles. The molecular weight excluding hydrogens is 241 g/mol. The molecule has 0 aliphatic heterocycles. The first kappa shape index (κ1) is 14.5. The van der Waals surface area contributed by atoms with Crippen molar-refractivity contribution < 1.29 is 9.50 Å². The molecule has 1 aromatic rings. The van der Waals surface area contributed by atoms with Crippen LogP contribution in [-0.2, 0) is 0 Å². The first-order chi connectivity index (χ1) is 9.10. The maximum atomic E-state index is 13.0. The van der Waals surface area contributed by atoms with E-state index in [9.17, 15) is 9.50 Å². The summed E-state index contributed by atoms with van der Waals surface area (Å²) in [5.74, 6) is 0.989. The Morgan fingerprint density at radius 3 is 2.37 bits per heavy atom. The van der Waals surface area contributed by atoms with Crippen LogP contribution in [0.25, 0.3) is 0 Å². The molecule has 1 aromatic carbocycles. The molecule has 2 rings (SSSR count). The summed E-state index contributed by atoms with van der Waals surface area (Å²) in [5, 5.41) is 13.1. The SMILES string of the molecule is CC(C)CC(CO)NC(c1ccc(F)cc1)C1CC1. The van der Waals surface area contributed by atoms with Crippen molar-refractivity contribution >= 4 is 0 Å². The Bertz CT molecular complexity index is 386. The fraction of sp³-hybridized carbons (Fsp3) is 0.625. The highest BCUT2D eigenvalue weighted by atomic mass is 19.1. The Kier molecular flexibility index (Phi) is 4.94. The summed E-state index contributed by atoms with van der Waals surface area (Å²) in [4.78, 5) is 0. The van der Waals surface area contributed by atoms with E-state index in [0.29, 0.717) is 11.8 Å². The lowest BCUT2D eigenvalue weighted by atomic mass is 9.98. The average molecular weight is 265 g/mol. The summed E-state index contributed by atoms with van der Waals surface area (Å²) < 4.78 is 13.0. The van der Waals surface area contributed by atoms with Gasteiger partial charge in [0.2, 0.25) is 0 Å². The van der Waals surface area contributed by atoms with Gasteiger partial charge < -0.3 is 10.4 Å². The second-order valence-electron chi connectivity index (χ2n) is 6.04. The standard InChI is InChI=1S/C16H24FNO/c1-11(2)9-15(10-19)18-16(12-3-4-12)13-5-7-14(17)8-6-13/h5-8,11-12,15-16,18-19H,3-4,9-10H2,1-2H3. The van der Waals surface area contributed by atoms with Crippen LogP contribution in [0.5, 0.6) is 0 Å². The highest BCUT2D eigenvalue weighted by molar-refractivity contribution is 5.22. The third-order valence-corrected chi connectivity index (χ3v) is 3.71. The van der Waals surface area contributed by atoms with Crippen molar-refractivity contribution in [2.24, 2.45) is 11.8 Å². The van der Waals surface area contributed by atoms with Crippen LogP contribution in [-0.4, -0.2) is 17.8 Å². The van der Waals surface area contributed by atoms with Gasteiger partial charge in [-0.15, -0.1) is 0 Å². The summed E-state index contributed by atoms with van der Waals surface area (Å²) in [7, 11) is 0. The Morgan fingerprint density at radius 1 is 1.26 bits per heavy atom. The zero-order valence-electron chi connectivity index (χ0n) is 11.8. The first-order valence-corrected chi connectivity index (χ1v) is 7.22. The molecule has 1 fully saturated rings. The minimum atomic E-state index is -0.195. The van der Waals surface area contributed by atoms with Crippen LogP contribution in [0.1, 0.15) is 44.7 Å². The van der Waals surface area contributed by atoms with Gasteiger partial charge in [-0.25, -0.2) is 4.39 Å². The van der Waals surface area contributed by atoms with Crippen LogP contribution in [0.2, 0.25) is 0 Å². The molecule has 0 radical (unpaired) electrons. The Labute approximate surface area is 115 Å². The van der Waals surface area contributed by atoms with Crippen LogP contribution in [0.15, 0.2) is 24.3 Å². The monoisotopic (exact) mass is 265 g/mol. The van der Waals surface area contributed by atoms with Crippen molar-refractivity contribution in [3.63, 3.8) is 0 Å². The zero-order valence-corrected chi connectivity index (χ0v) is 11.8. The maximum Gasteiger partial charge on any atom is 0.123 e. The van der Waals surface area contributed by atoms with E-state index in [1.54, 1.807) is 0 Å². The molecule has 1 saturated carbocycles. The lowest BCUT2D eigenvalue weighted by Gasteiger charge is -2.26. The van der Waals surface area contributed by atoms with Gasteiger partial charge in [0.1, 0.15) is 5.82 Å². The van der Waals surface area contributed by atoms with Gasteiger partial charge in [0, 0.05) is 12.1 Å². The Morgan fingerprint density at radius 2 is 1.89 bits per heavy atom. The smallest absolute Gasteiger partial charge is 0.123 e. The van der Waals surface area contributed by atoms with Gasteiger partial charge >= 0.3 is 0 Å². The molecular formula is C16H24FNO. The lowest BCUT2D eigenvalue weighted by molar-refractivity contribution is 0.208. The van der Waals surface area contributed by atoms with Crippen molar-refractivity contribution in [3.05, 3.63) is 35.6 Å². The summed E-state index contributed by atoms with van der Waals surface area (Å²) in [6, 6.07) is 7.11. The quantitative estimate of drug-likeness (QED) is 0.793. The van der Waals surface area contributed by atoms with Gasteiger partial charge in [-0.3, -0.25) is 0 Å². The average Bonchev–Trinajstić information content (AvgIpc) is 3.19. The summed E-state index contributed by atoms with van der Waals surface area (Å²) in [5.41, 5.74) is 1.13. The van der Waals surface area contributed by atoms with Crippen molar-refractivity contribution in [3.8, 4) is 0 Å². The molecule has 3 heteroatoms. The number of rotatable bonds is 7. The number of aliphatic hydroxyl groups excluding tert-OH is 1. The molecule has 2 nitrogen and oxygen atoms in total. The summed E-state index contributed by atoms with van der Waals surface area (Å²) in [6.45, 7) is 4.48. The molecule has 2 atom stereocenters. The lowest BCUT2D eigenvalue weighted by Crippen LogP contribution is -2.37. The second-order valence-corrected chi connectivity index (χ2v) is 6.04. The molecule has 0 aromatic heterocycles. The molecule has 0 heterocycles. The topological polar surface area (TPSA) is 32.3 Å². The number of benzene rings is 1. The Hall–Kier alpha value is -0.930. The molecule has 0 amide bonds. The number of aliphatic hydroxyl groups is 1. The van der Waals surface area contributed by atoms with E-state index in [2.05, 4.69) is 19.2 Å². The molecule has 2 N–H and O–H groups in total. The molecule has 19 heavy (non-hydrogen) atoms. The third-order valence-electron chi connectivity index (χ3n) is 3.71. The van der Waals surface area contributed by atoms with Gasteiger partial charge in [-0.2, -0.15) is 0 Å². The highest BCUT2D eigenvalue weighted by Gasteiger charge is 2.33. The van der Waals surface area contributed by atoms with Crippen LogP contribution in [0, 0.1) is 17.7 Å². The Balaban J connectivity index is 2.05. The second kappa shape index (κ2) is 6.49. The first-order valence-electron chi connectivity index (χ1n) is 7.22. The van der Waals surface area contributed by atoms with E-state index in [1.807, 2.05) is 12.1 Å². The molecule has 0 spiro atoms. The normalized spacial score (nSPS) is 18.6. The number of hydrogen-bond donors (Lipinski definition) is 2. The van der Waals surface area contributed by atoms with Gasteiger partial charge in [0.05, 0.1) is 6.61 Å². The maximum absolute atomic E-state index is 13.0. The summed E-state index contributed by atoms with van der Waals surface area (Å²) in [6.07, 6.45) is 3.39.